The number of carbonyl (C=O) groups is 2. The van der Waals surface area contributed by atoms with Gasteiger partial charge in [0.05, 0.1) is 23.7 Å². The molecule has 0 aliphatic heterocycles. The normalized spacial score (nSPS) is 10.3. The summed E-state index contributed by atoms with van der Waals surface area (Å²) >= 11 is 17.6. The van der Waals surface area contributed by atoms with Crippen molar-refractivity contribution in [3.8, 4) is 5.75 Å². The summed E-state index contributed by atoms with van der Waals surface area (Å²) in [7, 11) is 1.63. The van der Waals surface area contributed by atoms with Gasteiger partial charge in [-0.15, -0.1) is 0 Å². The molecule has 0 unspecified atom stereocenters. The Bertz CT molecular complexity index is 799. The molecular weight excluding hydrogens is 399 g/mol. The molecule has 0 aliphatic rings. The first kappa shape index (κ1) is 20.4. The van der Waals surface area contributed by atoms with Gasteiger partial charge in [-0.2, -0.15) is 0 Å². The van der Waals surface area contributed by atoms with Crippen LogP contribution in [0.2, 0.25) is 15.1 Å². The van der Waals surface area contributed by atoms with Crippen LogP contribution in [-0.4, -0.2) is 43.5 Å². The highest BCUT2D eigenvalue weighted by atomic mass is 35.5. The quantitative estimate of drug-likeness (QED) is 0.746. The predicted molar refractivity (Wildman–Crippen MR) is 103 cm³/mol. The minimum absolute atomic E-state index is 0.147. The van der Waals surface area contributed by atoms with Crippen molar-refractivity contribution < 1.29 is 14.3 Å². The number of ether oxygens (including phenoxy) is 1. The van der Waals surface area contributed by atoms with Gasteiger partial charge in [-0.3, -0.25) is 9.59 Å². The predicted octanol–water partition coefficient (Wildman–Crippen LogP) is 3.91. The summed E-state index contributed by atoms with van der Waals surface area (Å²) in [5.74, 6) is -0.0641. The number of hydrogen-bond donors (Lipinski definition) is 1. The Morgan fingerprint density at radius 3 is 2.50 bits per heavy atom. The zero-order chi connectivity index (χ0) is 19.1. The molecule has 2 aromatic rings. The van der Waals surface area contributed by atoms with Crippen molar-refractivity contribution in [2.75, 3.05) is 26.7 Å². The second-order valence-electron chi connectivity index (χ2n) is 5.43. The minimum atomic E-state index is -0.441. The van der Waals surface area contributed by atoms with Crippen LogP contribution < -0.4 is 10.1 Å². The Hall–Kier alpha value is -1.95. The smallest absolute Gasteiger partial charge is 0.253 e. The van der Waals surface area contributed by atoms with Crippen LogP contribution in [0, 0.1) is 0 Å². The molecule has 0 spiro atoms. The molecule has 1 N–H and O–H groups in total. The summed E-state index contributed by atoms with van der Waals surface area (Å²) in [6, 6.07) is 11.5. The van der Waals surface area contributed by atoms with Crippen LogP contribution in [0.1, 0.15) is 10.4 Å². The average Bonchev–Trinajstić information content (AvgIpc) is 2.59. The lowest BCUT2D eigenvalue weighted by atomic mass is 10.2. The monoisotopic (exact) mass is 414 g/mol. The van der Waals surface area contributed by atoms with Crippen LogP contribution in [0.15, 0.2) is 42.5 Å². The Morgan fingerprint density at radius 1 is 1.08 bits per heavy atom. The summed E-state index contributed by atoms with van der Waals surface area (Å²) < 4.78 is 5.53. The van der Waals surface area contributed by atoms with E-state index >= 15 is 0 Å². The van der Waals surface area contributed by atoms with Crippen LogP contribution in [0.5, 0.6) is 5.75 Å². The minimum Gasteiger partial charge on any atom is -0.492 e. The molecule has 2 rings (SSSR count). The van der Waals surface area contributed by atoms with Crippen molar-refractivity contribution in [2.45, 2.75) is 0 Å². The number of hydrogen-bond acceptors (Lipinski definition) is 3. The highest BCUT2D eigenvalue weighted by Gasteiger charge is 2.14. The van der Waals surface area contributed by atoms with Crippen molar-refractivity contribution in [1.29, 1.82) is 0 Å². The molecule has 0 fully saturated rings. The number of nitrogens with one attached hydrogen (secondary N) is 1. The molecule has 0 bridgehead atoms. The van der Waals surface area contributed by atoms with Crippen LogP contribution in [0.3, 0.4) is 0 Å². The molecule has 0 atom stereocenters. The molecule has 138 valence electrons. The number of likely N-dealkylation sites (N-methyl/N-ethyl adjacent to an activating group) is 1. The van der Waals surface area contributed by atoms with Crippen molar-refractivity contribution in [3.63, 3.8) is 0 Å². The first-order valence-electron chi connectivity index (χ1n) is 7.72. The summed E-state index contributed by atoms with van der Waals surface area (Å²) in [6.45, 7) is 0.522. The van der Waals surface area contributed by atoms with Gasteiger partial charge < -0.3 is 15.0 Å². The number of halogens is 3. The van der Waals surface area contributed by atoms with E-state index in [1.165, 1.54) is 17.0 Å². The van der Waals surface area contributed by atoms with Crippen molar-refractivity contribution >= 4 is 46.6 Å². The standard InChI is InChI=1S/C18H17Cl3N2O3/c1-23(7-8-26-14-4-2-3-12(19)9-14)17(24)11-22-18(25)15-6-5-13(20)10-16(15)21/h2-6,9-10H,7-8,11H2,1H3,(H,22,25). The SMILES string of the molecule is CN(CCOc1cccc(Cl)c1)C(=O)CNC(=O)c1ccc(Cl)cc1Cl. The van der Waals surface area contributed by atoms with E-state index in [9.17, 15) is 9.59 Å². The van der Waals surface area contributed by atoms with E-state index in [2.05, 4.69) is 5.32 Å². The maximum absolute atomic E-state index is 12.1. The van der Waals surface area contributed by atoms with Crippen molar-refractivity contribution in [1.82, 2.24) is 10.2 Å². The van der Waals surface area contributed by atoms with Gasteiger partial charge in [0.2, 0.25) is 5.91 Å². The number of carbonyl (C=O) groups excluding carboxylic acids is 2. The second kappa shape index (κ2) is 9.67. The van der Waals surface area contributed by atoms with Gasteiger partial charge in [-0.05, 0) is 36.4 Å². The zero-order valence-electron chi connectivity index (χ0n) is 14.0. The number of nitrogens with zero attached hydrogens (tertiary/aromatic N) is 1. The van der Waals surface area contributed by atoms with Gasteiger partial charge in [-0.1, -0.05) is 40.9 Å². The molecule has 0 heterocycles. The van der Waals surface area contributed by atoms with Crippen LogP contribution >= 0.6 is 34.8 Å². The van der Waals surface area contributed by atoms with Crippen LogP contribution in [-0.2, 0) is 4.79 Å². The van der Waals surface area contributed by atoms with Gasteiger partial charge in [0.1, 0.15) is 12.4 Å². The Kier molecular flexibility index (Phi) is 7.57. The highest BCUT2D eigenvalue weighted by Crippen LogP contribution is 2.20. The molecule has 5 nitrogen and oxygen atoms in total. The largest absolute Gasteiger partial charge is 0.492 e. The Morgan fingerprint density at radius 2 is 1.81 bits per heavy atom. The maximum atomic E-state index is 12.1. The molecule has 0 saturated carbocycles. The molecule has 2 aromatic carbocycles. The van der Waals surface area contributed by atoms with Gasteiger partial charge in [0.15, 0.2) is 0 Å². The van der Waals surface area contributed by atoms with Crippen LogP contribution in [0.25, 0.3) is 0 Å². The Balaban J connectivity index is 1.77. The summed E-state index contributed by atoms with van der Waals surface area (Å²) in [4.78, 5) is 25.6. The van der Waals surface area contributed by atoms with E-state index < -0.39 is 5.91 Å². The molecule has 26 heavy (non-hydrogen) atoms. The third kappa shape index (κ3) is 6.09. The van der Waals surface area contributed by atoms with Crippen molar-refractivity contribution in [3.05, 3.63) is 63.1 Å². The fourth-order valence-corrected chi connectivity index (χ4v) is 2.72. The summed E-state index contributed by atoms with van der Waals surface area (Å²) in [5, 5.41) is 3.78. The third-order valence-electron chi connectivity index (χ3n) is 3.49. The fraction of sp³-hybridized carbons (Fsp3) is 0.222. The molecule has 0 radical (unpaired) electrons. The maximum Gasteiger partial charge on any atom is 0.253 e. The van der Waals surface area contributed by atoms with E-state index in [-0.39, 0.29) is 23.0 Å². The first-order valence-corrected chi connectivity index (χ1v) is 8.86. The summed E-state index contributed by atoms with van der Waals surface area (Å²) in [6.07, 6.45) is 0. The second-order valence-corrected chi connectivity index (χ2v) is 6.71. The van der Waals surface area contributed by atoms with E-state index in [1.807, 2.05) is 0 Å². The lowest BCUT2D eigenvalue weighted by Crippen LogP contribution is -2.39. The van der Waals surface area contributed by atoms with Gasteiger partial charge >= 0.3 is 0 Å². The fourth-order valence-electron chi connectivity index (χ4n) is 2.04. The number of amides is 2. The van der Waals surface area contributed by atoms with E-state index in [0.717, 1.165) is 0 Å². The molecule has 2 amide bonds. The lowest BCUT2D eigenvalue weighted by molar-refractivity contribution is -0.129. The van der Waals surface area contributed by atoms with Crippen LogP contribution in [0.4, 0.5) is 0 Å². The first-order chi connectivity index (χ1) is 12.4. The molecule has 0 aromatic heterocycles. The van der Waals surface area contributed by atoms with E-state index in [1.54, 1.807) is 37.4 Å². The van der Waals surface area contributed by atoms with Gasteiger partial charge in [0, 0.05) is 17.1 Å². The van der Waals surface area contributed by atoms with E-state index in [4.69, 9.17) is 39.5 Å². The third-order valence-corrected chi connectivity index (χ3v) is 4.28. The van der Waals surface area contributed by atoms with Gasteiger partial charge in [0.25, 0.3) is 5.91 Å². The molecule has 8 heteroatoms. The van der Waals surface area contributed by atoms with Gasteiger partial charge in [-0.25, -0.2) is 0 Å². The zero-order valence-corrected chi connectivity index (χ0v) is 16.2. The molecular formula is C18H17Cl3N2O3. The topological polar surface area (TPSA) is 58.6 Å². The molecule has 0 aliphatic carbocycles. The average molecular weight is 416 g/mol. The van der Waals surface area contributed by atoms with Crippen molar-refractivity contribution in [2.24, 2.45) is 0 Å². The number of rotatable bonds is 7. The lowest BCUT2D eigenvalue weighted by Gasteiger charge is -2.18. The number of benzene rings is 2. The molecule has 0 saturated heterocycles. The summed E-state index contributed by atoms with van der Waals surface area (Å²) in [5.41, 5.74) is 0.260. The Labute approximate surface area is 166 Å². The van der Waals surface area contributed by atoms with E-state index in [0.29, 0.717) is 28.9 Å². The highest BCUT2D eigenvalue weighted by molar-refractivity contribution is 6.36.